The average Bonchev–Trinajstić information content (AvgIpc) is 2.99. The zero-order valence-electron chi connectivity index (χ0n) is 14.8. The zero-order chi connectivity index (χ0) is 20.9. The van der Waals surface area contributed by atoms with Gasteiger partial charge >= 0.3 is 12.3 Å². The molecule has 28 heavy (non-hydrogen) atoms. The second-order valence-electron chi connectivity index (χ2n) is 5.59. The van der Waals surface area contributed by atoms with E-state index < -0.39 is 17.8 Å². The second-order valence-corrected chi connectivity index (χ2v) is 7.56. The van der Waals surface area contributed by atoms with Crippen molar-refractivity contribution in [3.05, 3.63) is 34.2 Å². The van der Waals surface area contributed by atoms with Crippen molar-refractivity contribution in [2.75, 3.05) is 6.61 Å². The van der Waals surface area contributed by atoms with E-state index in [2.05, 4.69) is 20.9 Å². The van der Waals surface area contributed by atoms with E-state index in [1.54, 1.807) is 6.07 Å². The molecule has 0 spiro atoms. The quantitative estimate of drug-likeness (QED) is 0.216. The van der Waals surface area contributed by atoms with Crippen LogP contribution in [-0.4, -0.2) is 30.3 Å². The Labute approximate surface area is 176 Å². The number of ether oxygens (including phenoxy) is 2. The van der Waals surface area contributed by atoms with Gasteiger partial charge in [-0.2, -0.15) is 0 Å². The molecule has 154 valence electrons. The molecule has 1 aliphatic rings. The van der Waals surface area contributed by atoms with Crippen LogP contribution >= 0.6 is 34.4 Å². The van der Waals surface area contributed by atoms with Crippen molar-refractivity contribution in [2.24, 2.45) is 0 Å². The molecule has 1 atom stereocenters. The molecule has 1 aliphatic heterocycles. The van der Waals surface area contributed by atoms with E-state index >= 15 is 0 Å². The van der Waals surface area contributed by atoms with E-state index in [1.165, 1.54) is 37.7 Å². The van der Waals surface area contributed by atoms with Crippen LogP contribution in [0, 0.1) is 0 Å². The molecule has 0 aliphatic carbocycles. The second kappa shape index (κ2) is 9.69. The minimum absolute atomic E-state index is 0.0650. The van der Waals surface area contributed by atoms with Gasteiger partial charge < -0.3 is 14.8 Å². The van der Waals surface area contributed by atoms with Crippen LogP contribution in [0.3, 0.4) is 0 Å². The Morgan fingerprint density at radius 1 is 1.29 bits per heavy atom. The number of hydrogen-bond acceptors (Lipinski definition) is 7. The Bertz CT molecular complexity index is 789. The molecule has 0 radical (unpaired) electrons. The third-order valence-corrected chi connectivity index (χ3v) is 5.20. The van der Waals surface area contributed by atoms with Crippen molar-refractivity contribution in [3.8, 4) is 5.75 Å². The Kier molecular flexibility index (Phi) is 7.83. The summed E-state index contributed by atoms with van der Waals surface area (Å²) in [6.07, 6.45) is -4.82. The molecule has 7 nitrogen and oxygen atoms in total. The molecule has 3 N–H and O–H groups in total. The molecule has 1 aromatic carbocycles. The van der Waals surface area contributed by atoms with Crippen LogP contribution in [0.5, 0.6) is 5.75 Å². The van der Waals surface area contributed by atoms with E-state index in [1.807, 2.05) is 22.6 Å². The first-order valence-corrected chi connectivity index (χ1v) is 10.3. The maximum absolute atomic E-state index is 12.6. The van der Waals surface area contributed by atoms with Crippen molar-refractivity contribution in [1.82, 2.24) is 16.2 Å². The molecule has 1 aromatic rings. The summed E-state index contributed by atoms with van der Waals surface area (Å²) in [6, 6.07) is 4.28. The first kappa shape index (κ1) is 22.6. The van der Waals surface area contributed by atoms with Crippen LogP contribution in [0.2, 0.25) is 0 Å². The molecule has 2 rings (SSSR count). The first-order chi connectivity index (χ1) is 13.1. The van der Waals surface area contributed by atoms with Crippen LogP contribution in [0.1, 0.15) is 25.0 Å². The SMILES string of the molecule is CC(=O)NNC1NC(c2cc(CI)cc(OC(F)(F)F)c2)=C(COC(C)=O)S1. The number of thioether (sulfide) groups is 1. The van der Waals surface area contributed by atoms with Gasteiger partial charge in [0.25, 0.3) is 0 Å². The van der Waals surface area contributed by atoms with Gasteiger partial charge in [-0.1, -0.05) is 34.4 Å². The minimum Gasteiger partial charge on any atom is -0.460 e. The third kappa shape index (κ3) is 7.05. The number of carbonyl (C=O) groups is 2. The van der Waals surface area contributed by atoms with Gasteiger partial charge in [0, 0.05) is 28.7 Å². The van der Waals surface area contributed by atoms with Crippen LogP contribution in [0.25, 0.3) is 5.70 Å². The highest BCUT2D eigenvalue weighted by Crippen LogP contribution is 2.37. The molecule has 1 unspecified atom stereocenters. The normalized spacial score (nSPS) is 16.6. The number of hydrogen-bond donors (Lipinski definition) is 3. The number of esters is 1. The first-order valence-electron chi connectivity index (χ1n) is 7.85. The van der Waals surface area contributed by atoms with Gasteiger partial charge in [0.15, 0.2) is 0 Å². The number of benzene rings is 1. The Hall–Kier alpha value is -1.67. The maximum atomic E-state index is 12.6. The van der Waals surface area contributed by atoms with Gasteiger partial charge in [-0.25, -0.2) is 5.43 Å². The highest BCUT2D eigenvalue weighted by Gasteiger charge is 2.32. The van der Waals surface area contributed by atoms with E-state index in [9.17, 15) is 22.8 Å². The number of hydrazine groups is 1. The summed E-state index contributed by atoms with van der Waals surface area (Å²) in [5, 5.41) is 3.06. The molecule has 1 heterocycles. The van der Waals surface area contributed by atoms with E-state index in [4.69, 9.17) is 4.74 Å². The van der Waals surface area contributed by atoms with Gasteiger partial charge in [0.05, 0.1) is 5.70 Å². The molecule has 0 bridgehead atoms. The Balaban J connectivity index is 2.34. The summed E-state index contributed by atoms with van der Waals surface area (Å²) in [5.41, 5.74) is 6.21. The average molecular weight is 531 g/mol. The molecule has 0 fully saturated rings. The number of nitrogens with one attached hydrogen (secondary N) is 3. The molecule has 1 amide bonds. The summed E-state index contributed by atoms with van der Waals surface area (Å²) in [6.45, 7) is 2.52. The maximum Gasteiger partial charge on any atom is 0.573 e. The smallest absolute Gasteiger partial charge is 0.460 e. The predicted octanol–water partition coefficient (Wildman–Crippen LogP) is 3.01. The number of carbonyl (C=O) groups excluding carboxylic acids is 2. The molecular formula is C16H17F3IN3O4S. The van der Waals surface area contributed by atoms with Crippen molar-refractivity contribution in [1.29, 1.82) is 0 Å². The Morgan fingerprint density at radius 2 is 2.00 bits per heavy atom. The number of halogens is 4. The molecule has 0 aromatic heterocycles. The van der Waals surface area contributed by atoms with Gasteiger partial charge in [-0.05, 0) is 23.8 Å². The summed E-state index contributed by atoms with van der Waals surface area (Å²) in [4.78, 5) is 22.8. The Morgan fingerprint density at radius 3 is 2.57 bits per heavy atom. The van der Waals surface area contributed by atoms with Gasteiger partial charge in [-0.3, -0.25) is 15.0 Å². The monoisotopic (exact) mass is 531 g/mol. The molecular weight excluding hydrogens is 514 g/mol. The number of alkyl halides is 4. The van der Waals surface area contributed by atoms with Gasteiger partial charge in [0.2, 0.25) is 5.91 Å². The number of amides is 1. The van der Waals surface area contributed by atoms with Crippen molar-refractivity contribution < 1.29 is 32.2 Å². The standard InChI is InChI=1S/C16H17F3IN3O4S/c1-8(24)22-23-15-21-14(13(28-15)7-26-9(2)25)11-3-10(6-20)4-12(5-11)27-16(17,18)19/h3-5,15,21,23H,6-7H2,1-2H3,(H,22,24). The molecule has 0 saturated carbocycles. The van der Waals surface area contributed by atoms with Gasteiger partial charge in [-0.15, -0.1) is 13.2 Å². The lowest BCUT2D eigenvalue weighted by Crippen LogP contribution is -2.46. The van der Waals surface area contributed by atoms with E-state index in [0.717, 1.165) is 0 Å². The highest BCUT2D eigenvalue weighted by atomic mass is 127. The van der Waals surface area contributed by atoms with E-state index in [0.29, 0.717) is 26.2 Å². The van der Waals surface area contributed by atoms with Crippen molar-refractivity contribution in [2.45, 2.75) is 30.1 Å². The minimum atomic E-state index is -4.82. The molecule has 0 saturated heterocycles. The lowest BCUT2D eigenvalue weighted by molar-refractivity contribution is -0.274. The van der Waals surface area contributed by atoms with Crippen LogP contribution in [0.15, 0.2) is 23.1 Å². The van der Waals surface area contributed by atoms with Crippen LogP contribution in [-0.2, 0) is 18.8 Å². The largest absolute Gasteiger partial charge is 0.573 e. The fourth-order valence-corrected chi connectivity index (χ4v) is 3.71. The van der Waals surface area contributed by atoms with E-state index in [-0.39, 0.29) is 18.3 Å². The van der Waals surface area contributed by atoms with Crippen LogP contribution in [0.4, 0.5) is 13.2 Å². The van der Waals surface area contributed by atoms with Crippen LogP contribution < -0.4 is 20.9 Å². The lowest BCUT2D eigenvalue weighted by atomic mass is 10.1. The predicted molar refractivity (Wildman–Crippen MR) is 106 cm³/mol. The highest BCUT2D eigenvalue weighted by molar-refractivity contribution is 14.1. The third-order valence-electron chi connectivity index (χ3n) is 3.24. The molecule has 12 heteroatoms. The topological polar surface area (TPSA) is 88.7 Å². The number of rotatable bonds is 7. The lowest BCUT2D eigenvalue weighted by Gasteiger charge is -2.16. The zero-order valence-corrected chi connectivity index (χ0v) is 17.8. The summed E-state index contributed by atoms with van der Waals surface area (Å²) in [7, 11) is 0. The van der Waals surface area contributed by atoms with Gasteiger partial charge in [0.1, 0.15) is 17.9 Å². The fourth-order valence-electron chi connectivity index (χ4n) is 2.27. The van der Waals surface area contributed by atoms with Crippen molar-refractivity contribution in [3.63, 3.8) is 0 Å². The summed E-state index contributed by atoms with van der Waals surface area (Å²) < 4.78 is 47.5. The van der Waals surface area contributed by atoms with Crippen molar-refractivity contribution >= 4 is 51.9 Å². The fraction of sp³-hybridized carbons (Fsp3) is 0.375. The summed E-state index contributed by atoms with van der Waals surface area (Å²) >= 11 is 3.27. The summed E-state index contributed by atoms with van der Waals surface area (Å²) in [5.74, 6) is -1.15.